The van der Waals surface area contributed by atoms with Crippen LogP contribution in [0.3, 0.4) is 0 Å². The Morgan fingerprint density at radius 1 is 1.33 bits per heavy atom. The van der Waals surface area contributed by atoms with Gasteiger partial charge in [-0.2, -0.15) is 0 Å². The smallest absolute Gasteiger partial charge is 0.0715 e. The van der Waals surface area contributed by atoms with Gasteiger partial charge in [-0.25, -0.2) is 0 Å². The van der Waals surface area contributed by atoms with Gasteiger partial charge in [0.25, 0.3) is 0 Å². The van der Waals surface area contributed by atoms with Crippen LogP contribution < -0.4 is 5.32 Å². The number of hydrogen-bond donors (Lipinski definition) is 2. The van der Waals surface area contributed by atoms with Gasteiger partial charge >= 0.3 is 0 Å². The first kappa shape index (κ1) is 11.9. The van der Waals surface area contributed by atoms with Crippen LogP contribution >= 0.6 is 0 Å². The van der Waals surface area contributed by atoms with Crippen molar-refractivity contribution in [2.45, 2.75) is 52.7 Å². The Bertz CT molecular complexity index is 117. The zero-order valence-corrected chi connectivity index (χ0v) is 9.02. The van der Waals surface area contributed by atoms with Crippen molar-refractivity contribution in [1.29, 1.82) is 0 Å². The molecule has 0 aliphatic carbocycles. The monoisotopic (exact) mass is 173 g/mol. The molecule has 0 radical (unpaired) electrons. The zero-order valence-electron chi connectivity index (χ0n) is 9.02. The summed E-state index contributed by atoms with van der Waals surface area (Å²) in [6.07, 6.45) is 1.18. The van der Waals surface area contributed by atoms with Gasteiger partial charge in [0.1, 0.15) is 0 Å². The van der Waals surface area contributed by atoms with E-state index >= 15 is 0 Å². The van der Waals surface area contributed by atoms with Crippen LogP contribution in [0.15, 0.2) is 0 Å². The number of nitrogens with one attached hydrogen (secondary N) is 1. The predicted molar refractivity (Wildman–Crippen MR) is 53.2 cm³/mol. The fourth-order valence-electron chi connectivity index (χ4n) is 0.965. The minimum absolute atomic E-state index is 0.487. The Morgan fingerprint density at radius 3 is 2.17 bits per heavy atom. The summed E-state index contributed by atoms with van der Waals surface area (Å²) in [6, 6.07) is 0.487. The van der Waals surface area contributed by atoms with Gasteiger partial charge in [-0.3, -0.25) is 0 Å². The van der Waals surface area contributed by atoms with Crippen molar-refractivity contribution in [3.63, 3.8) is 0 Å². The second kappa shape index (κ2) is 4.83. The number of rotatable bonds is 5. The zero-order chi connectivity index (χ0) is 9.78. The van der Waals surface area contributed by atoms with Crippen molar-refractivity contribution < 1.29 is 5.11 Å². The lowest BCUT2D eigenvalue weighted by Gasteiger charge is -2.25. The highest BCUT2D eigenvalue weighted by molar-refractivity contribution is 4.74. The standard InChI is InChI=1S/C10H23NO/c1-6-8(2)9(3)11-7-10(4,5)12/h8-9,11-12H,6-7H2,1-5H3/t8-,9-/m1/s1. The maximum atomic E-state index is 9.46. The molecule has 0 aromatic rings. The fourth-order valence-corrected chi connectivity index (χ4v) is 0.965. The number of hydrogen-bond acceptors (Lipinski definition) is 2. The Morgan fingerprint density at radius 2 is 1.83 bits per heavy atom. The molecule has 0 aliphatic rings. The van der Waals surface area contributed by atoms with Gasteiger partial charge in [0.05, 0.1) is 5.60 Å². The molecule has 0 aromatic carbocycles. The maximum absolute atomic E-state index is 9.46. The van der Waals surface area contributed by atoms with E-state index < -0.39 is 5.60 Å². The van der Waals surface area contributed by atoms with E-state index in [2.05, 4.69) is 26.1 Å². The quantitative estimate of drug-likeness (QED) is 0.664. The van der Waals surface area contributed by atoms with Crippen molar-refractivity contribution in [2.24, 2.45) is 5.92 Å². The van der Waals surface area contributed by atoms with Gasteiger partial charge in [0.15, 0.2) is 0 Å². The lowest BCUT2D eigenvalue weighted by atomic mass is 10.00. The molecule has 0 bridgehead atoms. The molecule has 0 amide bonds. The molecule has 0 fully saturated rings. The van der Waals surface area contributed by atoms with Crippen LogP contribution in [0.2, 0.25) is 0 Å². The molecule has 2 nitrogen and oxygen atoms in total. The Balaban J connectivity index is 3.64. The minimum Gasteiger partial charge on any atom is -0.389 e. The molecule has 12 heavy (non-hydrogen) atoms. The lowest BCUT2D eigenvalue weighted by molar-refractivity contribution is 0.0747. The minimum atomic E-state index is -0.596. The second-order valence-corrected chi connectivity index (χ2v) is 4.37. The molecule has 0 unspecified atom stereocenters. The summed E-state index contributed by atoms with van der Waals surface area (Å²) in [7, 11) is 0. The molecule has 0 heterocycles. The second-order valence-electron chi connectivity index (χ2n) is 4.37. The maximum Gasteiger partial charge on any atom is 0.0715 e. The van der Waals surface area contributed by atoms with Crippen molar-refractivity contribution in [3.05, 3.63) is 0 Å². The highest BCUT2D eigenvalue weighted by Gasteiger charge is 2.15. The summed E-state index contributed by atoms with van der Waals surface area (Å²) in [5.74, 6) is 0.673. The van der Waals surface area contributed by atoms with E-state index in [4.69, 9.17) is 0 Å². The van der Waals surface area contributed by atoms with Crippen molar-refractivity contribution in [2.75, 3.05) is 6.54 Å². The molecule has 0 saturated carbocycles. The molecular weight excluding hydrogens is 150 g/mol. The Labute approximate surface area is 76.4 Å². The van der Waals surface area contributed by atoms with E-state index in [1.807, 2.05) is 13.8 Å². The molecule has 0 rings (SSSR count). The summed E-state index contributed by atoms with van der Waals surface area (Å²) in [6.45, 7) is 10.9. The van der Waals surface area contributed by atoms with Gasteiger partial charge in [-0.15, -0.1) is 0 Å². The summed E-state index contributed by atoms with van der Waals surface area (Å²) >= 11 is 0. The van der Waals surface area contributed by atoms with Gasteiger partial charge < -0.3 is 10.4 Å². The third-order valence-electron chi connectivity index (χ3n) is 2.35. The van der Waals surface area contributed by atoms with Crippen LogP contribution in [0.4, 0.5) is 0 Å². The number of aliphatic hydroxyl groups is 1. The SMILES string of the molecule is CC[C@@H](C)[C@@H](C)NCC(C)(C)O. The third-order valence-corrected chi connectivity index (χ3v) is 2.35. The molecule has 74 valence electrons. The predicted octanol–water partition coefficient (Wildman–Crippen LogP) is 1.78. The van der Waals surface area contributed by atoms with Crippen molar-refractivity contribution in [1.82, 2.24) is 5.32 Å². The fraction of sp³-hybridized carbons (Fsp3) is 1.00. The van der Waals surface area contributed by atoms with Crippen LogP contribution in [0.5, 0.6) is 0 Å². The van der Waals surface area contributed by atoms with E-state index in [1.54, 1.807) is 0 Å². The van der Waals surface area contributed by atoms with Crippen molar-refractivity contribution >= 4 is 0 Å². The summed E-state index contributed by atoms with van der Waals surface area (Å²) in [5.41, 5.74) is -0.596. The van der Waals surface area contributed by atoms with E-state index in [0.717, 1.165) is 0 Å². The molecule has 2 atom stereocenters. The van der Waals surface area contributed by atoms with Gasteiger partial charge in [-0.1, -0.05) is 20.3 Å². The van der Waals surface area contributed by atoms with E-state index in [1.165, 1.54) is 6.42 Å². The largest absolute Gasteiger partial charge is 0.389 e. The molecule has 0 spiro atoms. The first-order valence-electron chi connectivity index (χ1n) is 4.82. The highest BCUT2D eigenvalue weighted by Crippen LogP contribution is 2.07. The third kappa shape index (κ3) is 5.56. The topological polar surface area (TPSA) is 32.3 Å². The Hall–Kier alpha value is -0.0800. The van der Waals surface area contributed by atoms with Gasteiger partial charge in [-0.05, 0) is 26.7 Å². The van der Waals surface area contributed by atoms with Crippen LogP contribution in [0.25, 0.3) is 0 Å². The van der Waals surface area contributed by atoms with E-state index in [9.17, 15) is 5.11 Å². The molecule has 2 heteroatoms. The highest BCUT2D eigenvalue weighted by atomic mass is 16.3. The van der Waals surface area contributed by atoms with Crippen LogP contribution in [-0.2, 0) is 0 Å². The summed E-state index contributed by atoms with van der Waals surface area (Å²) in [4.78, 5) is 0. The molecule has 0 aromatic heterocycles. The molecule has 2 N–H and O–H groups in total. The first-order chi connectivity index (χ1) is 5.37. The first-order valence-corrected chi connectivity index (χ1v) is 4.82. The summed E-state index contributed by atoms with van der Waals surface area (Å²) in [5, 5.41) is 12.8. The van der Waals surface area contributed by atoms with E-state index in [-0.39, 0.29) is 0 Å². The van der Waals surface area contributed by atoms with Gasteiger partial charge in [0.2, 0.25) is 0 Å². The van der Waals surface area contributed by atoms with Crippen LogP contribution in [0, 0.1) is 5.92 Å². The van der Waals surface area contributed by atoms with E-state index in [0.29, 0.717) is 18.5 Å². The van der Waals surface area contributed by atoms with Crippen molar-refractivity contribution in [3.8, 4) is 0 Å². The Kier molecular flexibility index (Phi) is 4.80. The molecular formula is C10H23NO. The normalized spacial score (nSPS) is 17.5. The average Bonchev–Trinajstić information content (AvgIpc) is 1.97. The lowest BCUT2D eigenvalue weighted by Crippen LogP contribution is -2.41. The summed E-state index contributed by atoms with van der Waals surface area (Å²) < 4.78 is 0. The van der Waals surface area contributed by atoms with Gasteiger partial charge in [0, 0.05) is 12.6 Å². The molecule has 0 saturated heterocycles. The van der Waals surface area contributed by atoms with Crippen LogP contribution in [0.1, 0.15) is 41.0 Å². The average molecular weight is 173 g/mol. The van der Waals surface area contributed by atoms with Crippen LogP contribution in [-0.4, -0.2) is 23.3 Å². The molecule has 0 aliphatic heterocycles.